The van der Waals surface area contributed by atoms with Crippen molar-refractivity contribution in [3.05, 3.63) is 0 Å². The van der Waals surface area contributed by atoms with Gasteiger partial charge >= 0.3 is 6.18 Å². The molecular weight excluding hydrogens is 207 g/mol. The lowest BCUT2D eigenvalue weighted by atomic mass is 10.2. The van der Waals surface area contributed by atoms with Crippen LogP contribution in [0.1, 0.15) is 19.8 Å². The van der Waals surface area contributed by atoms with Crippen LogP contribution in [0.25, 0.3) is 0 Å². The van der Waals surface area contributed by atoms with Gasteiger partial charge in [-0.15, -0.1) is 0 Å². The van der Waals surface area contributed by atoms with E-state index in [0.717, 1.165) is 0 Å². The number of rotatable bonds is 6. The molecule has 0 aromatic carbocycles. The normalized spacial score (nSPS) is 13.9. The summed E-state index contributed by atoms with van der Waals surface area (Å²) in [7, 11) is 0. The van der Waals surface area contributed by atoms with Crippen molar-refractivity contribution in [1.82, 2.24) is 4.90 Å². The van der Waals surface area contributed by atoms with Gasteiger partial charge in [0.2, 0.25) is 0 Å². The molecule has 2 N–H and O–H groups in total. The Morgan fingerprint density at radius 1 is 1.40 bits per heavy atom. The summed E-state index contributed by atoms with van der Waals surface area (Å²) >= 11 is 0. The molecule has 6 heteroatoms. The number of hydrogen-bond acceptors (Lipinski definition) is 3. The number of alkyl halides is 3. The van der Waals surface area contributed by atoms with Crippen LogP contribution in [0.2, 0.25) is 0 Å². The molecule has 0 heterocycles. The van der Waals surface area contributed by atoms with Crippen molar-refractivity contribution in [1.29, 1.82) is 5.26 Å². The maximum atomic E-state index is 12.1. The van der Waals surface area contributed by atoms with Gasteiger partial charge in [0.05, 0.1) is 18.7 Å². The molecule has 0 aliphatic carbocycles. The highest BCUT2D eigenvalue weighted by Gasteiger charge is 2.30. The smallest absolute Gasteiger partial charge is 0.316 e. The lowest BCUT2D eigenvalue weighted by Gasteiger charge is -2.23. The average molecular weight is 223 g/mol. The second-order valence-electron chi connectivity index (χ2n) is 3.42. The van der Waals surface area contributed by atoms with Gasteiger partial charge in [-0.25, -0.2) is 0 Å². The highest BCUT2D eigenvalue weighted by Crippen LogP contribution is 2.16. The number of nitriles is 1. The molecule has 0 aliphatic rings. The molecule has 0 aromatic rings. The van der Waals surface area contributed by atoms with E-state index in [1.54, 1.807) is 6.07 Å². The maximum absolute atomic E-state index is 12.1. The van der Waals surface area contributed by atoms with E-state index in [1.807, 2.05) is 6.92 Å². The molecule has 0 fully saturated rings. The topological polar surface area (TPSA) is 53.0 Å². The monoisotopic (exact) mass is 223 g/mol. The summed E-state index contributed by atoms with van der Waals surface area (Å²) in [6.45, 7) is 1.46. The summed E-state index contributed by atoms with van der Waals surface area (Å²) in [4.78, 5) is 1.27. The van der Waals surface area contributed by atoms with Gasteiger partial charge < -0.3 is 5.73 Å². The number of halogens is 3. The Kier molecular flexibility index (Phi) is 6.29. The SMILES string of the molecule is CCCN(CCC(N)C#N)CC(F)(F)F. The lowest BCUT2D eigenvalue weighted by molar-refractivity contribution is -0.146. The fourth-order valence-corrected chi connectivity index (χ4v) is 1.23. The van der Waals surface area contributed by atoms with Gasteiger partial charge in [-0.3, -0.25) is 4.90 Å². The standard InChI is InChI=1S/C9H16F3N3/c1-2-4-15(7-9(10,11)12)5-3-8(14)6-13/h8H,2-5,7,14H2,1H3. The molecular formula is C9H16F3N3. The van der Waals surface area contributed by atoms with Gasteiger partial charge in [-0.05, 0) is 19.4 Å². The van der Waals surface area contributed by atoms with Crippen LogP contribution in [-0.2, 0) is 0 Å². The molecule has 0 bridgehead atoms. The Labute approximate surface area is 87.6 Å². The summed E-state index contributed by atoms with van der Waals surface area (Å²) in [6, 6.07) is 1.11. The molecule has 15 heavy (non-hydrogen) atoms. The van der Waals surface area contributed by atoms with E-state index in [4.69, 9.17) is 11.0 Å². The Bertz CT molecular complexity index is 210. The van der Waals surface area contributed by atoms with Crippen molar-refractivity contribution < 1.29 is 13.2 Å². The first-order chi connectivity index (χ1) is 6.89. The van der Waals surface area contributed by atoms with E-state index in [9.17, 15) is 13.2 Å². The number of nitrogens with zero attached hydrogens (tertiary/aromatic N) is 2. The van der Waals surface area contributed by atoms with E-state index >= 15 is 0 Å². The minimum atomic E-state index is -4.19. The highest BCUT2D eigenvalue weighted by atomic mass is 19.4. The quantitative estimate of drug-likeness (QED) is 0.742. The second-order valence-corrected chi connectivity index (χ2v) is 3.42. The molecule has 1 unspecified atom stereocenters. The minimum absolute atomic E-state index is 0.210. The first kappa shape index (κ1) is 14.2. The van der Waals surface area contributed by atoms with E-state index in [2.05, 4.69) is 0 Å². The van der Waals surface area contributed by atoms with Crippen LogP contribution in [0.15, 0.2) is 0 Å². The van der Waals surface area contributed by atoms with Crippen molar-refractivity contribution >= 4 is 0 Å². The van der Waals surface area contributed by atoms with Crippen molar-refractivity contribution in [2.45, 2.75) is 32.0 Å². The highest BCUT2D eigenvalue weighted by molar-refractivity contribution is 4.86. The zero-order chi connectivity index (χ0) is 11.9. The summed E-state index contributed by atoms with van der Waals surface area (Å²) in [5.74, 6) is 0. The van der Waals surface area contributed by atoms with Crippen LogP contribution in [0, 0.1) is 11.3 Å². The first-order valence-corrected chi connectivity index (χ1v) is 4.83. The molecule has 0 saturated heterocycles. The third kappa shape index (κ3) is 8.21. The molecule has 0 saturated carbocycles. The molecule has 1 atom stereocenters. The summed E-state index contributed by atoms with van der Waals surface area (Å²) in [6.07, 6.45) is -3.27. The first-order valence-electron chi connectivity index (χ1n) is 4.83. The van der Waals surface area contributed by atoms with Crippen molar-refractivity contribution in [3.63, 3.8) is 0 Å². The zero-order valence-electron chi connectivity index (χ0n) is 8.72. The van der Waals surface area contributed by atoms with Gasteiger partial charge in [-0.1, -0.05) is 6.92 Å². The Hall–Kier alpha value is -0.800. The number of nitrogens with two attached hydrogens (primary N) is 1. The van der Waals surface area contributed by atoms with Gasteiger partial charge in [0.15, 0.2) is 0 Å². The Balaban J connectivity index is 4.00. The fourth-order valence-electron chi connectivity index (χ4n) is 1.23. The summed E-state index contributed by atoms with van der Waals surface area (Å²) in [5.41, 5.74) is 5.31. The maximum Gasteiger partial charge on any atom is 0.401 e. The van der Waals surface area contributed by atoms with Gasteiger partial charge in [-0.2, -0.15) is 18.4 Å². The second kappa shape index (κ2) is 6.64. The van der Waals surface area contributed by atoms with Crippen LogP contribution >= 0.6 is 0 Å². The molecule has 0 radical (unpaired) electrons. The minimum Gasteiger partial charge on any atom is -0.316 e. The molecule has 3 nitrogen and oxygen atoms in total. The number of hydrogen-bond donors (Lipinski definition) is 1. The third-order valence-electron chi connectivity index (χ3n) is 1.86. The van der Waals surface area contributed by atoms with Crippen molar-refractivity contribution in [2.75, 3.05) is 19.6 Å². The summed E-state index contributed by atoms with van der Waals surface area (Å²) < 4.78 is 36.3. The van der Waals surface area contributed by atoms with Crippen LogP contribution in [0.5, 0.6) is 0 Å². The Morgan fingerprint density at radius 2 is 2.00 bits per heavy atom. The molecule has 88 valence electrons. The van der Waals surface area contributed by atoms with Gasteiger partial charge in [0, 0.05) is 6.54 Å². The van der Waals surface area contributed by atoms with Crippen molar-refractivity contribution in [3.8, 4) is 6.07 Å². The van der Waals surface area contributed by atoms with Crippen LogP contribution in [0.4, 0.5) is 13.2 Å². The molecule has 0 aliphatic heterocycles. The van der Waals surface area contributed by atoms with Crippen LogP contribution in [-0.4, -0.2) is 36.8 Å². The zero-order valence-corrected chi connectivity index (χ0v) is 8.72. The van der Waals surface area contributed by atoms with Crippen LogP contribution in [0.3, 0.4) is 0 Å². The van der Waals surface area contributed by atoms with Crippen LogP contribution < -0.4 is 5.73 Å². The Morgan fingerprint density at radius 3 is 2.40 bits per heavy atom. The van der Waals surface area contributed by atoms with E-state index < -0.39 is 18.8 Å². The third-order valence-corrected chi connectivity index (χ3v) is 1.86. The van der Waals surface area contributed by atoms with E-state index in [1.165, 1.54) is 4.90 Å². The molecule has 0 rings (SSSR count). The predicted octanol–water partition coefficient (Wildman–Crippen LogP) is 1.50. The molecule has 0 amide bonds. The van der Waals surface area contributed by atoms with Gasteiger partial charge in [0.25, 0.3) is 0 Å². The lowest BCUT2D eigenvalue weighted by Crippen LogP contribution is -2.37. The average Bonchev–Trinajstić information content (AvgIpc) is 2.11. The molecule has 0 aromatic heterocycles. The van der Waals surface area contributed by atoms with Crippen molar-refractivity contribution in [2.24, 2.45) is 5.73 Å². The van der Waals surface area contributed by atoms with E-state index in [0.29, 0.717) is 13.0 Å². The summed E-state index contributed by atoms with van der Waals surface area (Å²) in [5, 5.41) is 8.39. The predicted molar refractivity (Wildman–Crippen MR) is 51.0 cm³/mol. The fraction of sp³-hybridized carbons (Fsp3) is 0.889. The molecule has 0 spiro atoms. The van der Waals surface area contributed by atoms with E-state index in [-0.39, 0.29) is 13.0 Å². The van der Waals surface area contributed by atoms with Gasteiger partial charge in [0.1, 0.15) is 0 Å². The largest absolute Gasteiger partial charge is 0.401 e.